The quantitative estimate of drug-likeness (QED) is 0.331. The van der Waals surface area contributed by atoms with Gasteiger partial charge in [-0.05, 0) is 12.1 Å². The summed E-state index contributed by atoms with van der Waals surface area (Å²) in [4.78, 5) is 0. The van der Waals surface area contributed by atoms with E-state index in [0.29, 0.717) is 0 Å². The molecule has 0 bridgehead atoms. The van der Waals surface area contributed by atoms with Crippen LogP contribution in [0.5, 0.6) is 11.5 Å². The van der Waals surface area contributed by atoms with Crippen LogP contribution in [-0.4, -0.2) is 60.7 Å². The van der Waals surface area contributed by atoms with Gasteiger partial charge in [-0.15, -0.1) is 0 Å². The molecular weight excluding hydrogens is 244 g/mol. The molecule has 0 spiro atoms. The van der Waals surface area contributed by atoms with Gasteiger partial charge < -0.3 is 35.7 Å². The third-order valence-electron chi connectivity index (χ3n) is 2.59. The Morgan fingerprint density at radius 3 is 2.06 bits per heavy atom. The van der Waals surface area contributed by atoms with Gasteiger partial charge in [0.2, 0.25) is 0 Å². The largest absolute Gasteiger partial charge is 0.508 e. The molecule has 1 rings (SSSR count). The molecule has 4 atom stereocenters. The standard InChI is InChI=1S/C11H16O7/c12-4-8(15)10(17)11(18)9(16)6-2-1-5(13)3-7(6)14/h1-3,8-18H,4H2/t8-,9?,10-,11+/m1/s1. The van der Waals surface area contributed by atoms with Crippen LogP contribution in [0.15, 0.2) is 18.2 Å². The molecule has 1 unspecified atom stereocenters. The molecule has 0 saturated carbocycles. The molecule has 102 valence electrons. The van der Waals surface area contributed by atoms with Crippen LogP contribution in [-0.2, 0) is 0 Å². The SMILES string of the molecule is OC[C@@H](O)[C@@H](O)[C@@H](O)C(O)c1ccc(O)cc1O. The van der Waals surface area contributed by atoms with Gasteiger partial charge in [0.25, 0.3) is 0 Å². The lowest BCUT2D eigenvalue weighted by Crippen LogP contribution is -2.42. The maximum absolute atomic E-state index is 9.73. The minimum atomic E-state index is -1.80. The summed E-state index contributed by atoms with van der Waals surface area (Å²) in [5.41, 5.74) is -0.121. The third-order valence-corrected chi connectivity index (χ3v) is 2.59. The van der Waals surface area contributed by atoms with Gasteiger partial charge in [-0.2, -0.15) is 0 Å². The number of aliphatic hydroxyl groups is 5. The number of aliphatic hydroxyl groups excluding tert-OH is 5. The van der Waals surface area contributed by atoms with Gasteiger partial charge >= 0.3 is 0 Å². The zero-order valence-electron chi connectivity index (χ0n) is 9.38. The first-order chi connectivity index (χ1) is 8.38. The Balaban J connectivity index is 2.89. The zero-order valence-corrected chi connectivity index (χ0v) is 9.38. The lowest BCUT2D eigenvalue weighted by molar-refractivity contribution is -0.116. The Morgan fingerprint density at radius 1 is 0.944 bits per heavy atom. The maximum atomic E-state index is 9.73. The second-order valence-corrected chi connectivity index (χ2v) is 3.92. The molecule has 7 heteroatoms. The van der Waals surface area contributed by atoms with E-state index in [0.717, 1.165) is 12.1 Å². The van der Waals surface area contributed by atoms with Gasteiger partial charge in [-0.3, -0.25) is 0 Å². The first-order valence-electron chi connectivity index (χ1n) is 5.23. The summed E-state index contributed by atoms with van der Waals surface area (Å²) in [6.45, 7) is -0.785. The molecule has 0 aliphatic carbocycles. The van der Waals surface area contributed by atoms with Crippen molar-refractivity contribution < 1.29 is 35.7 Å². The number of hydrogen-bond donors (Lipinski definition) is 7. The van der Waals surface area contributed by atoms with E-state index < -0.39 is 36.8 Å². The third kappa shape index (κ3) is 3.09. The van der Waals surface area contributed by atoms with Gasteiger partial charge in [0, 0.05) is 11.6 Å². The highest BCUT2D eigenvalue weighted by Crippen LogP contribution is 2.30. The van der Waals surface area contributed by atoms with Gasteiger partial charge in [0.1, 0.15) is 35.9 Å². The minimum Gasteiger partial charge on any atom is -0.508 e. The van der Waals surface area contributed by atoms with Crippen molar-refractivity contribution in [1.29, 1.82) is 0 Å². The highest BCUT2D eigenvalue weighted by molar-refractivity contribution is 5.40. The number of benzene rings is 1. The lowest BCUT2D eigenvalue weighted by Gasteiger charge is -2.26. The van der Waals surface area contributed by atoms with Gasteiger partial charge in [-0.25, -0.2) is 0 Å². The number of hydrogen-bond acceptors (Lipinski definition) is 7. The summed E-state index contributed by atoms with van der Waals surface area (Å²) in [5.74, 6) is -0.693. The van der Waals surface area contributed by atoms with E-state index in [1.54, 1.807) is 0 Å². The average Bonchev–Trinajstić information content (AvgIpc) is 2.35. The number of rotatable bonds is 5. The fourth-order valence-corrected chi connectivity index (χ4v) is 1.49. The van der Waals surface area contributed by atoms with Crippen molar-refractivity contribution in [2.75, 3.05) is 6.61 Å². The van der Waals surface area contributed by atoms with E-state index in [-0.39, 0.29) is 11.3 Å². The van der Waals surface area contributed by atoms with Crippen LogP contribution in [0.3, 0.4) is 0 Å². The first kappa shape index (κ1) is 14.7. The van der Waals surface area contributed by atoms with Crippen molar-refractivity contribution in [3.63, 3.8) is 0 Å². The van der Waals surface area contributed by atoms with Crippen molar-refractivity contribution in [2.24, 2.45) is 0 Å². The van der Waals surface area contributed by atoms with Gasteiger partial charge in [-0.1, -0.05) is 0 Å². The molecule has 7 N–H and O–H groups in total. The molecule has 0 aromatic heterocycles. The van der Waals surface area contributed by atoms with Crippen LogP contribution < -0.4 is 0 Å². The monoisotopic (exact) mass is 260 g/mol. The van der Waals surface area contributed by atoms with E-state index in [1.165, 1.54) is 6.07 Å². The summed E-state index contributed by atoms with van der Waals surface area (Å²) in [7, 11) is 0. The highest BCUT2D eigenvalue weighted by atomic mass is 16.4. The van der Waals surface area contributed by atoms with Crippen molar-refractivity contribution >= 4 is 0 Å². The Kier molecular flexibility index (Phi) is 4.88. The predicted molar refractivity (Wildman–Crippen MR) is 59.8 cm³/mol. The van der Waals surface area contributed by atoms with Crippen LogP contribution in [0.4, 0.5) is 0 Å². The van der Waals surface area contributed by atoms with E-state index in [1.807, 2.05) is 0 Å². The normalized spacial score (nSPS) is 18.1. The Labute approximate surface area is 103 Å². The molecule has 0 fully saturated rings. The minimum absolute atomic E-state index is 0.121. The summed E-state index contributed by atoms with van der Waals surface area (Å²) in [6.07, 6.45) is -6.88. The van der Waals surface area contributed by atoms with Gasteiger partial charge in [0.05, 0.1) is 6.61 Å². The number of phenols is 2. The summed E-state index contributed by atoms with van der Waals surface area (Å²) in [6, 6.07) is 3.30. The first-order valence-corrected chi connectivity index (χ1v) is 5.23. The molecule has 0 aliphatic heterocycles. The topological polar surface area (TPSA) is 142 Å². The summed E-state index contributed by atoms with van der Waals surface area (Å²) in [5, 5.41) is 65.0. The van der Waals surface area contributed by atoms with E-state index in [4.69, 9.17) is 15.3 Å². The molecule has 0 saturated heterocycles. The smallest absolute Gasteiger partial charge is 0.125 e. The zero-order chi connectivity index (χ0) is 13.9. The molecule has 0 heterocycles. The molecular formula is C11H16O7. The van der Waals surface area contributed by atoms with Crippen LogP contribution >= 0.6 is 0 Å². The summed E-state index contributed by atoms with van der Waals surface area (Å²) >= 11 is 0. The average molecular weight is 260 g/mol. The fourth-order valence-electron chi connectivity index (χ4n) is 1.49. The van der Waals surface area contributed by atoms with Crippen LogP contribution in [0.25, 0.3) is 0 Å². The van der Waals surface area contributed by atoms with Crippen molar-refractivity contribution in [1.82, 2.24) is 0 Å². The van der Waals surface area contributed by atoms with E-state index >= 15 is 0 Å². The van der Waals surface area contributed by atoms with Crippen LogP contribution in [0.1, 0.15) is 11.7 Å². The van der Waals surface area contributed by atoms with Crippen molar-refractivity contribution in [2.45, 2.75) is 24.4 Å². The Bertz CT molecular complexity index is 395. The molecule has 1 aromatic carbocycles. The van der Waals surface area contributed by atoms with Crippen LogP contribution in [0.2, 0.25) is 0 Å². The second kappa shape index (κ2) is 5.98. The number of phenolic OH excluding ortho intramolecular Hbond substituents is 2. The van der Waals surface area contributed by atoms with Crippen LogP contribution in [0, 0.1) is 0 Å². The molecule has 7 nitrogen and oxygen atoms in total. The van der Waals surface area contributed by atoms with Gasteiger partial charge in [0.15, 0.2) is 0 Å². The molecule has 0 radical (unpaired) electrons. The summed E-state index contributed by atoms with van der Waals surface area (Å²) < 4.78 is 0. The van der Waals surface area contributed by atoms with E-state index in [9.17, 15) is 20.4 Å². The molecule has 0 amide bonds. The highest BCUT2D eigenvalue weighted by Gasteiger charge is 2.32. The predicted octanol–water partition coefficient (Wildman–Crippen LogP) is -1.79. The fraction of sp³-hybridized carbons (Fsp3) is 0.455. The maximum Gasteiger partial charge on any atom is 0.125 e. The Hall–Kier alpha value is -1.38. The van der Waals surface area contributed by atoms with Crippen molar-refractivity contribution in [3.8, 4) is 11.5 Å². The Morgan fingerprint density at radius 2 is 1.56 bits per heavy atom. The second-order valence-electron chi connectivity index (χ2n) is 3.92. The lowest BCUT2D eigenvalue weighted by atomic mass is 9.97. The van der Waals surface area contributed by atoms with Crippen molar-refractivity contribution in [3.05, 3.63) is 23.8 Å². The molecule has 0 aliphatic rings. The molecule has 18 heavy (non-hydrogen) atoms. The molecule has 1 aromatic rings. The van der Waals surface area contributed by atoms with E-state index in [2.05, 4.69) is 0 Å². The number of aromatic hydroxyl groups is 2.